The Morgan fingerprint density at radius 1 is 1.05 bits per heavy atom. The number of aliphatic hydroxyl groups is 2. The van der Waals surface area contributed by atoms with E-state index in [4.69, 9.17) is 9.47 Å². The molecule has 226 valence electrons. The summed E-state index contributed by atoms with van der Waals surface area (Å²) in [4.78, 5) is 30.8. The summed E-state index contributed by atoms with van der Waals surface area (Å²) in [5.74, 6) is -1.02. The number of halogens is 1. The molecule has 0 bridgehead atoms. The van der Waals surface area contributed by atoms with Gasteiger partial charge in [-0.2, -0.15) is 0 Å². The van der Waals surface area contributed by atoms with E-state index < -0.39 is 30.0 Å². The van der Waals surface area contributed by atoms with E-state index in [-0.39, 0.29) is 43.1 Å². The number of ether oxygens (including phenoxy) is 2. The van der Waals surface area contributed by atoms with Gasteiger partial charge in [-0.1, -0.05) is 56.3 Å². The minimum atomic E-state index is -1.34. The molecule has 0 saturated carbocycles. The molecule has 0 unspecified atom stereocenters. The molecule has 0 spiro atoms. The highest BCUT2D eigenvalue weighted by molar-refractivity contribution is 5.94. The van der Waals surface area contributed by atoms with Crippen LogP contribution in [0.4, 0.5) is 4.39 Å². The second-order valence-electron chi connectivity index (χ2n) is 11.2. The van der Waals surface area contributed by atoms with Gasteiger partial charge in [-0.25, -0.2) is 4.39 Å². The standard InChI is InChI=1S/C32H45FN2O6/c1-23(2)19-25-20-34(32(39)26-13-7-8-14-27(26)33)21-29(40-3)31(38)28(36)22-41-18-10-9-17-35(25)30(37)16-15-24-11-5-4-6-12-24/h4-8,11-14,23,25,28-29,31,36,38H,9-10,15-22H2,1-3H3/t25-,28-,29-,31-/m1/s1. The smallest absolute Gasteiger partial charge is 0.256 e. The number of hydrogen-bond donors (Lipinski definition) is 2. The van der Waals surface area contributed by atoms with Gasteiger partial charge in [-0.3, -0.25) is 9.59 Å². The van der Waals surface area contributed by atoms with Crippen molar-refractivity contribution in [3.05, 3.63) is 71.5 Å². The Morgan fingerprint density at radius 3 is 2.44 bits per heavy atom. The van der Waals surface area contributed by atoms with Crippen LogP contribution in [-0.4, -0.2) is 96.1 Å². The summed E-state index contributed by atoms with van der Waals surface area (Å²) in [5.41, 5.74) is 0.968. The van der Waals surface area contributed by atoms with Gasteiger partial charge in [0.2, 0.25) is 5.91 Å². The van der Waals surface area contributed by atoms with Crippen molar-refractivity contribution in [1.29, 1.82) is 0 Å². The van der Waals surface area contributed by atoms with Crippen LogP contribution in [-0.2, 0) is 20.7 Å². The lowest BCUT2D eigenvalue weighted by Gasteiger charge is -2.39. The van der Waals surface area contributed by atoms with E-state index in [0.29, 0.717) is 45.3 Å². The van der Waals surface area contributed by atoms with Gasteiger partial charge in [0.05, 0.1) is 12.2 Å². The Kier molecular flexibility index (Phi) is 13.2. The summed E-state index contributed by atoms with van der Waals surface area (Å²) >= 11 is 0. The van der Waals surface area contributed by atoms with E-state index in [2.05, 4.69) is 13.8 Å². The lowest BCUT2D eigenvalue weighted by atomic mass is 9.99. The molecule has 0 radical (unpaired) electrons. The largest absolute Gasteiger partial charge is 0.388 e. The van der Waals surface area contributed by atoms with Crippen molar-refractivity contribution in [2.75, 3.05) is 40.0 Å². The van der Waals surface area contributed by atoms with Crippen LogP contribution in [0, 0.1) is 11.7 Å². The average molecular weight is 573 g/mol. The summed E-state index contributed by atoms with van der Waals surface area (Å²) in [5, 5.41) is 21.4. The van der Waals surface area contributed by atoms with E-state index in [0.717, 1.165) is 5.56 Å². The molecule has 8 nitrogen and oxygen atoms in total. The molecular weight excluding hydrogens is 527 g/mol. The first-order valence-electron chi connectivity index (χ1n) is 14.5. The normalized spacial score (nSPS) is 23.3. The molecule has 0 aliphatic carbocycles. The van der Waals surface area contributed by atoms with Crippen LogP contribution < -0.4 is 0 Å². The van der Waals surface area contributed by atoms with Gasteiger partial charge in [0, 0.05) is 45.8 Å². The quantitative estimate of drug-likeness (QED) is 0.525. The SMILES string of the molecule is CO[C@@H]1CN(C(=O)c2ccccc2F)C[C@@H](CC(C)C)N(C(=O)CCc2ccccc2)CCCCOC[C@@H](O)[C@H]1O. The fourth-order valence-corrected chi connectivity index (χ4v) is 5.27. The van der Waals surface area contributed by atoms with Crippen molar-refractivity contribution in [2.24, 2.45) is 5.92 Å². The number of hydrogen-bond acceptors (Lipinski definition) is 6. The highest BCUT2D eigenvalue weighted by Gasteiger charge is 2.34. The molecule has 2 N–H and O–H groups in total. The number of amides is 2. The number of rotatable bonds is 7. The van der Waals surface area contributed by atoms with Crippen molar-refractivity contribution in [1.82, 2.24) is 9.80 Å². The first-order chi connectivity index (χ1) is 19.7. The minimum Gasteiger partial charge on any atom is -0.388 e. The lowest BCUT2D eigenvalue weighted by Crippen LogP contribution is -2.54. The van der Waals surface area contributed by atoms with Gasteiger partial charge in [0.15, 0.2) is 0 Å². The van der Waals surface area contributed by atoms with Crippen LogP contribution in [0.2, 0.25) is 0 Å². The van der Waals surface area contributed by atoms with Crippen molar-refractivity contribution in [3.8, 4) is 0 Å². The van der Waals surface area contributed by atoms with Crippen LogP contribution in [0.15, 0.2) is 54.6 Å². The molecule has 2 aromatic rings. The van der Waals surface area contributed by atoms with E-state index in [1.807, 2.05) is 35.2 Å². The van der Waals surface area contributed by atoms with Crippen molar-refractivity contribution < 1.29 is 33.7 Å². The molecule has 1 aliphatic heterocycles. The monoisotopic (exact) mass is 572 g/mol. The van der Waals surface area contributed by atoms with E-state index >= 15 is 0 Å². The zero-order valence-corrected chi connectivity index (χ0v) is 24.5. The number of methoxy groups -OCH3 is 1. The molecule has 1 saturated heterocycles. The third kappa shape index (κ3) is 9.88. The van der Waals surface area contributed by atoms with E-state index in [1.54, 1.807) is 6.07 Å². The highest BCUT2D eigenvalue weighted by atomic mass is 19.1. The first kappa shape index (κ1) is 32.7. The van der Waals surface area contributed by atoms with Gasteiger partial charge in [-0.05, 0) is 49.3 Å². The predicted octanol–water partition coefficient (Wildman–Crippen LogP) is 3.69. The summed E-state index contributed by atoms with van der Waals surface area (Å²) in [7, 11) is 1.39. The summed E-state index contributed by atoms with van der Waals surface area (Å²) in [6.07, 6.45) is -0.658. The number of benzene rings is 2. The first-order valence-corrected chi connectivity index (χ1v) is 14.5. The fraction of sp³-hybridized carbons (Fsp3) is 0.562. The topological polar surface area (TPSA) is 99.5 Å². The van der Waals surface area contributed by atoms with Crippen LogP contribution >= 0.6 is 0 Å². The zero-order valence-electron chi connectivity index (χ0n) is 24.5. The maximum atomic E-state index is 14.8. The average Bonchev–Trinajstić information content (AvgIpc) is 2.96. The van der Waals surface area contributed by atoms with E-state index in [9.17, 15) is 24.2 Å². The molecule has 1 aliphatic rings. The molecule has 0 aromatic heterocycles. The summed E-state index contributed by atoms with van der Waals surface area (Å²) in [6.45, 7) is 4.90. The van der Waals surface area contributed by atoms with Gasteiger partial charge < -0.3 is 29.5 Å². The fourth-order valence-electron chi connectivity index (χ4n) is 5.27. The molecule has 3 rings (SSSR count). The highest BCUT2D eigenvalue weighted by Crippen LogP contribution is 2.21. The van der Waals surface area contributed by atoms with Crippen molar-refractivity contribution >= 4 is 11.8 Å². The van der Waals surface area contributed by atoms with Crippen molar-refractivity contribution in [3.63, 3.8) is 0 Å². The Morgan fingerprint density at radius 2 is 1.76 bits per heavy atom. The summed E-state index contributed by atoms with van der Waals surface area (Å²) < 4.78 is 25.9. The number of nitrogens with zero attached hydrogens (tertiary/aromatic N) is 2. The molecule has 2 amide bonds. The predicted molar refractivity (Wildman–Crippen MR) is 155 cm³/mol. The van der Waals surface area contributed by atoms with Gasteiger partial charge in [0.25, 0.3) is 5.91 Å². The van der Waals surface area contributed by atoms with Crippen LogP contribution in [0.5, 0.6) is 0 Å². The Bertz CT molecular complexity index is 1080. The van der Waals surface area contributed by atoms with Gasteiger partial charge in [-0.15, -0.1) is 0 Å². The number of carbonyl (C=O) groups is 2. The molecule has 1 heterocycles. The number of aliphatic hydroxyl groups excluding tert-OH is 2. The molecule has 4 atom stereocenters. The van der Waals surface area contributed by atoms with Crippen LogP contribution in [0.25, 0.3) is 0 Å². The Hall–Kier alpha value is -2.85. The second-order valence-corrected chi connectivity index (χ2v) is 11.2. The molecule has 9 heteroatoms. The van der Waals surface area contributed by atoms with Gasteiger partial charge in [0.1, 0.15) is 24.1 Å². The minimum absolute atomic E-state index is 0.00967. The van der Waals surface area contributed by atoms with Crippen LogP contribution in [0.3, 0.4) is 0 Å². The Balaban J connectivity index is 1.97. The molecule has 1 fully saturated rings. The maximum absolute atomic E-state index is 14.8. The third-order valence-electron chi connectivity index (χ3n) is 7.50. The van der Waals surface area contributed by atoms with Gasteiger partial charge >= 0.3 is 0 Å². The summed E-state index contributed by atoms with van der Waals surface area (Å²) in [6, 6.07) is 15.2. The van der Waals surface area contributed by atoms with Crippen molar-refractivity contribution in [2.45, 2.75) is 70.3 Å². The molecular formula is C32H45FN2O6. The number of carbonyl (C=O) groups excluding carboxylic acids is 2. The second kappa shape index (κ2) is 16.6. The zero-order chi connectivity index (χ0) is 29.8. The number of aryl methyl sites for hydroxylation is 1. The molecule has 2 aromatic carbocycles. The van der Waals surface area contributed by atoms with Crippen LogP contribution in [0.1, 0.15) is 55.5 Å². The van der Waals surface area contributed by atoms with E-state index in [1.165, 1.54) is 30.2 Å². The Labute approximate surface area is 243 Å². The third-order valence-corrected chi connectivity index (χ3v) is 7.50. The molecule has 41 heavy (non-hydrogen) atoms. The lowest BCUT2D eigenvalue weighted by molar-refractivity contribution is -0.135. The maximum Gasteiger partial charge on any atom is 0.256 e.